The van der Waals surface area contributed by atoms with Gasteiger partial charge in [-0.05, 0) is 6.07 Å². The molecule has 0 radical (unpaired) electrons. The Bertz CT molecular complexity index is 682. The molecule has 0 amide bonds. The van der Waals surface area contributed by atoms with E-state index >= 15 is 0 Å². The maximum atomic E-state index is 12.8. The summed E-state index contributed by atoms with van der Waals surface area (Å²) in [5, 5.41) is 0. The van der Waals surface area contributed by atoms with Crippen LogP contribution in [0.3, 0.4) is 0 Å². The van der Waals surface area contributed by atoms with Crippen molar-refractivity contribution in [1.82, 2.24) is 15.0 Å². The van der Waals surface area contributed by atoms with Gasteiger partial charge in [-0.3, -0.25) is 4.98 Å². The molecule has 0 fully saturated rings. The van der Waals surface area contributed by atoms with Crippen LogP contribution in [0.2, 0.25) is 0 Å². The number of rotatable bonds is 3. The predicted octanol–water partition coefficient (Wildman–Crippen LogP) is 3.72. The lowest BCUT2D eigenvalue weighted by atomic mass is 10.1. The third-order valence-corrected chi connectivity index (χ3v) is 2.77. The molecular weight excluding hydrogens is 328 g/mol. The highest BCUT2D eigenvalue weighted by Gasteiger charge is 2.36. The number of nitrogens with zero attached hydrogens (tertiary/aromatic N) is 3. The van der Waals surface area contributed by atoms with Crippen molar-refractivity contribution in [3.8, 4) is 11.1 Å². The Morgan fingerprint density at radius 1 is 0.870 bits per heavy atom. The molecular formula is C13H9F6N3O. The molecule has 2 aromatic heterocycles. The van der Waals surface area contributed by atoms with Crippen LogP contribution in [-0.4, -0.2) is 22.1 Å². The first-order valence-corrected chi connectivity index (χ1v) is 6.07. The lowest BCUT2D eigenvalue weighted by Gasteiger charge is -2.13. The van der Waals surface area contributed by atoms with Crippen LogP contribution in [0.4, 0.5) is 26.3 Å². The normalized spacial score (nSPS) is 12.5. The van der Waals surface area contributed by atoms with Gasteiger partial charge in [-0.15, -0.1) is 0 Å². The first-order valence-electron chi connectivity index (χ1n) is 6.07. The summed E-state index contributed by atoms with van der Waals surface area (Å²) in [5.74, 6) is -1.33. The van der Waals surface area contributed by atoms with Gasteiger partial charge in [0.25, 0.3) is 0 Å². The van der Waals surface area contributed by atoms with E-state index in [0.29, 0.717) is 0 Å². The molecule has 0 aliphatic rings. The Balaban J connectivity index is 2.42. The highest BCUT2D eigenvalue weighted by atomic mass is 19.4. The summed E-state index contributed by atoms with van der Waals surface area (Å²) in [5.41, 5.74) is -1.09. The number of pyridine rings is 1. The third-order valence-electron chi connectivity index (χ3n) is 2.77. The minimum absolute atomic E-state index is 0.108. The van der Waals surface area contributed by atoms with Gasteiger partial charge >= 0.3 is 12.4 Å². The Labute approximate surface area is 126 Å². The second-order valence-corrected chi connectivity index (χ2v) is 4.46. The fourth-order valence-corrected chi connectivity index (χ4v) is 1.81. The highest BCUT2D eigenvalue weighted by Crippen LogP contribution is 2.33. The number of hydrogen-bond donors (Lipinski definition) is 0. The fourth-order valence-electron chi connectivity index (χ4n) is 1.81. The quantitative estimate of drug-likeness (QED) is 0.801. The zero-order valence-corrected chi connectivity index (χ0v) is 11.5. The van der Waals surface area contributed by atoms with E-state index in [0.717, 1.165) is 24.7 Å². The van der Waals surface area contributed by atoms with Crippen molar-refractivity contribution < 1.29 is 31.1 Å². The summed E-state index contributed by atoms with van der Waals surface area (Å²) in [4.78, 5) is 9.64. The second-order valence-electron chi connectivity index (χ2n) is 4.46. The van der Waals surface area contributed by atoms with Crippen LogP contribution < -0.4 is 0 Å². The van der Waals surface area contributed by atoms with Gasteiger partial charge in [0.15, 0.2) is 0 Å². The van der Waals surface area contributed by atoms with Crippen molar-refractivity contribution >= 4 is 0 Å². The first-order chi connectivity index (χ1) is 10.6. The first kappa shape index (κ1) is 17.1. The van der Waals surface area contributed by atoms with E-state index in [1.807, 2.05) is 0 Å². The predicted molar refractivity (Wildman–Crippen MR) is 66.0 cm³/mol. The summed E-state index contributed by atoms with van der Waals surface area (Å²) < 4.78 is 80.3. The highest BCUT2D eigenvalue weighted by molar-refractivity contribution is 5.61. The lowest BCUT2D eigenvalue weighted by molar-refractivity contribution is -0.145. The van der Waals surface area contributed by atoms with Gasteiger partial charge in [-0.1, -0.05) is 0 Å². The number of methoxy groups -OCH3 is 1. The van der Waals surface area contributed by atoms with Crippen molar-refractivity contribution in [3.05, 3.63) is 41.7 Å². The van der Waals surface area contributed by atoms with E-state index in [-0.39, 0.29) is 23.3 Å². The van der Waals surface area contributed by atoms with E-state index in [9.17, 15) is 26.3 Å². The molecule has 0 saturated carbocycles. The standard InChI is InChI=1S/C13H9F6N3O/c1-23-6-8-2-7(3-20-10(8)12(14,15)16)9-4-21-11(22-5-9)13(17,18)19/h2-5H,6H2,1H3. The van der Waals surface area contributed by atoms with Crippen LogP contribution in [0.1, 0.15) is 17.1 Å². The summed E-state index contributed by atoms with van der Waals surface area (Å²) in [6.45, 7) is -0.350. The van der Waals surface area contributed by atoms with Crippen molar-refractivity contribution in [3.63, 3.8) is 0 Å². The minimum Gasteiger partial charge on any atom is -0.380 e. The summed E-state index contributed by atoms with van der Waals surface area (Å²) in [6.07, 6.45) is -6.72. The maximum Gasteiger partial charge on any atom is 0.451 e. The van der Waals surface area contributed by atoms with Gasteiger partial charge in [0.05, 0.1) is 6.61 Å². The zero-order chi connectivity index (χ0) is 17.3. The maximum absolute atomic E-state index is 12.8. The minimum atomic E-state index is -4.70. The molecule has 0 aromatic carbocycles. The molecule has 0 aliphatic heterocycles. The topological polar surface area (TPSA) is 47.9 Å². The monoisotopic (exact) mass is 337 g/mol. The van der Waals surface area contributed by atoms with Crippen LogP contribution in [0.15, 0.2) is 24.7 Å². The number of halogens is 6. The van der Waals surface area contributed by atoms with E-state index in [2.05, 4.69) is 15.0 Å². The fraction of sp³-hybridized carbons (Fsp3) is 0.308. The molecule has 23 heavy (non-hydrogen) atoms. The molecule has 2 rings (SSSR count). The Hall–Kier alpha value is -2.23. The molecule has 0 aliphatic carbocycles. The average Bonchev–Trinajstić information content (AvgIpc) is 2.45. The Kier molecular flexibility index (Phi) is 4.55. The van der Waals surface area contributed by atoms with Gasteiger partial charge in [0.1, 0.15) is 5.69 Å². The third kappa shape index (κ3) is 3.95. The molecule has 0 spiro atoms. The molecule has 124 valence electrons. The molecule has 4 nitrogen and oxygen atoms in total. The van der Waals surface area contributed by atoms with E-state index in [4.69, 9.17) is 4.74 Å². The Morgan fingerprint density at radius 3 is 1.91 bits per heavy atom. The molecule has 0 saturated heterocycles. The summed E-state index contributed by atoms with van der Waals surface area (Å²) in [6, 6.07) is 1.13. The van der Waals surface area contributed by atoms with Gasteiger partial charge in [0.2, 0.25) is 5.82 Å². The molecule has 0 N–H and O–H groups in total. The van der Waals surface area contributed by atoms with Crippen molar-refractivity contribution in [2.75, 3.05) is 7.11 Å². The van der Waals surface area contributed by atoms with Crippen molar-refractivity contribution in [2.45, 2.75) is 19.0 Å². The van der Waals surface area contributed by atoms with Crippen molar-refractivity contribution in [2.24, 2.45) is 0 Å². The molecule has 0 unspecified atom stereocenters. The van der Waals surface area contributed by atoms with Crippen LogP contribution >= 0.6 is 0 Å². The lowest BCUT2D eigenvalue weighted by Crippen LogP contribution is -2.13. The largest absolute Gasteiger partial charge is 0.451 e. The molecule has 0 bridgehead atoms. The molecule has 0 atom stereocenters. The van der Waals surface area contributed by atoms with E-state index in [1.54, 1.807) is 0 Å². The van der Waals surface area contributed by atoms with E-state index in [1.165, 1.54) is 7.11 Å². The van der Waals surface area contributed by atoms with Gasteiger partial charge < -0.3 is 4.74 Å². The summed E-state index contributed by atoms with van der Waals surface area (Å²) in [7, 11) is 1.22. The molecule has 10 heteroatoms. The smallest absolute Gasteiger partial charge is 0.380 e. The molecule has 2 aromatic rings. The number of aromatic nitrogens is 3. The SMILES string of the molecule is COCc1cc(-c2cnc(C(F)(F)F)nc2)cnc1C(F)(F)F. The van der Waals surface area contributed by atoms with Crippen LogP contribution in [0.25, 0.3) is 11.1 Å². The van der Waals surface area contributed by atoms with Gasteiger partial charge in [0, 0.05) is 42.4 Å². The van der Waals surface area contributed by atoms with Crippen molar-refractivity contribution in [1.29, 1.82) is 0 Å². The van der Waals surface area contributed by atoms with Crippen LogP contribution in [-0.2, 0) is 23.7 Å². The number of alkyl halides is 6. The van der Waals surface area contributed by atoms with Gasteiger partial charge in [-0.25, -0.2) is 9.97 Å². The summed E-state index contributed by atoms with van der Waals surface area (Å²) >= 11 is 0. The second kappa shape index (κ2) is 6.11. The Morgan fingerprint density at radius 2 is 1.43 bits per heavy atom. The molecule has 2 heterocycles. The number of ether oxygens (including phenoxy) is 1. The average molecular weight is 337 g/mol. The van der Waals surface area contributed by atoms with E-state index < -0.39 is 23.9 Å². The van der Waals surface area contributed by atoms with Gasteiger partial charge in [-0.2, -0.15) is 26.3 Å². The van der Waals surface area contributed by atoms with Crippen LogP contribution in [0, 0.1) is 0 Å². The van der Waals surface area contributed by atoms with Crippen LogP contribution in [0.5, 0.6) is 0 Å². The number of hydrogen-bond acceptors (Lipinski definition) is 4. The zero-order valence-electron chi connectivity index (χ0n) is 11.5.